The molecule has 110 valence electrons. The van der Waals surface area contributed by atoms with E-state index in [1.165, 1.54) is 0 Å². The van der Waals surface area contributed by atoms with Crippen molar-refractivity contribution in [2.24, 2.45) is 0 Å². The van der Waals surface area contributed by atoms with Crippen molar-refractivity contribution in [3.8, 4) is 11.4 Å². The maximum Gasteiger partial charge on any atom is 0.276 e. The summed E-state index contributed by atoms with van der Waals surface area (Å²) in [5.41, 5.74) is 3.62. The predicted molar refractivity (Wildman–Crippen MR) is 91.1 cm³/mol. The van der Waals surface area contributed by atoms with E-state index >= 15 is 0 Å². The summed E-state index contributed by atoms with van der Waals surface area (Å²) in [6, 6.07) is 16.0. The number of H-pyrrole nitrogens is 1. The molecule has 0 radical (unpaired) electrons. The van der Waals surface area contributed by atoms with Crippen molar-refractivity contribution < 1.29 is 0 Å². The summed E-state index contributed by atoms with van der Waals surface area (Å²) in [5, 5.41) is 18.0. The van der Waals surface area contributed by atoms with Crippen molar-refractivity contribution in [3.63, 3.8) is 0 Å². The molecule has 3 heterocycles. The van der Waals surface area contributed by atoms with E-state index in [1.807, 2.05) is 52.9 Å². The lowest BCUT2D eigenvalue weighted by Crippen LogP contribution is -1.96. The van der Waals surface area contributed by atoms with Crippen molar-refractivity contribution in [1.82, 2.24) is 29.8 Å². The lowest BCUT2D eigenvalue weighted by molar-refractivity contribution is 1.01. The van der Waals surface area contributed by atoms with Crippen LogP contribution in [0, 0.1) is 0 Å². The molecule has 0 aliphatic carbocycles. The Hall–Kier alpha value is -2.80. The molecule has 0 unspecified atom stereocenters. The molecule has 0 aliphatic rings. The summed E-state index contributed by atoms with van der Waals surface area (Å²) in [6.45, 7) is 0. The highest BCUT2D eigenvalue weighted by Crippen LogP contribution is 2.27. The van der Waals surface area contributed by atoms with Gasteiger partial charge in [-0.3, -0.25) is 0 Å². The fourth-order valence-corrected chi connectivity index (χ4v) is 3.23. The van der Waals surface area contributed by atoms with Gasteiger partial charge in [-0.25, -0.2) is 4.40 Å². The van der Waals surface area contributed by atoms with Crippen LogP contribution in [0.3, 0.4) is 0 Å². The Labute approximate surface area is 138 Å². The molecule has 0 fully saturated rings. The summed E-state index contributed by atoms with van der Waals surface area (Å²) in [6.07, 6.45) is 0. The molecule has 0 saturated heterocycles. The van der Waals surface area contributed by atoms with Crippen LogP contribution in [0.4, 0.5) is 0 Å². The van der Waals surface area contributed by atoms with Gasteiger partial charge in [0.05, 0.1) is 0 Å². The van der Waals surface area contributed by atoms with E-state index in [9.17, 15) is 0 Å². The summed E-state index contributed by atoms with van der Waals surface area (Å²) in [4.78, 5) is 3.40. The van der Waals surface area contributed by atoms with Crippen LogP contribution in [-0.4, -0.2) is 29.8 Å². The van der Waals surface area contributed by atoms with Gasteiger partial charge in [0, 0.05) is 20.9 Å². The van der Waals surface area contributed by atoms with Gasteiger partial charge in [-0.1, -0.05) is 46.3 Å². The molecule has 5 rings (SSSR count). The molecular formula is C16H9BrN6. The number of nitrogens with one attached hydrogen (secondary N) is 1. The number of benzene rings is 2. The zero-order valence-electron chi connectivity index (χ0n) is 11.7. The monoisotopic (exact) mass is 364 g/mol. The molecule has 0 atom stereocenters. The number of nitrogens with zero attached hydrogens (tertiary/aromatic N) is 5. The van der Waals surface area contributed by atoms with Crippen LogP contribution in [0.25, 0.3) is 39.2 Å². The Bertz CT molecular complexity index is 1190. The number of rotatable bonds is 1. The summed E-state index contributed by atoms with van der Waals surface area (Å²) in [5.74, 6) is 1.20. The second-order valence-corrected chi connectivity index (χ2v) is 6.15. The molecule has 0 amide bonds. The van der Waals surface area contributed by atoms with Crippen LogP contribution in [0.15, 0.2) is 53.0 Å². The number of halogens is 1. The standard InChI is InChI=1S/C16H9BrN6/c17-10-5-3-4-9(8-10)14-20-22-16-21-19-13-11-6-1-2-7-12(11)18-15(13)23(14)16/h1-8,18H. The van der Waals surface area contributed by atoms with Gasteiger partial charge in [-0.2, -0.15) is 0 Å². The van der Waals surface area contributed by atoms with Crippen LogP contribution in [-0.2, 0) is 0 Å². The smallest absolute Gasteiger partial charge is 0.276 e. The number of hydrogen-bond donors (Lipinski definition) is 1. The minimum Gasteiger partial charge on any atom is -0.339 e. The lowest BCUT2D eigenvalue weighted by Gasteiger charge is -2.01. The second kappa shape index (κ2) is 4.60. The van der Waals surface area contributed by atoms with Gasteiger partial charge in [0.1, 0.15) is 11.2 Å². The average Bonchev–Trinajstić information content (AvgIpc) is 3.16. The first kappa shape index (κ1) is 12.7. The quantitative estimate of drug-likeness (QED) is 0.493. The van der Waals surface area contributed by atoms with E-state index in [-0.39, 0.29) is 0 Å². The van der Waals surface area contributed by atoms with Gasteiger partial charge in [0.25, 0.3) is 5.78 Å². The molecule has 0 spiro atoms. The molecule has 23 heavy (non-hydrogen) atoms. The third kappa shape index (κ3) is 1.80. The Morgan fingerprint density at radius 2 is 1.78 bits per heavy atom. The van der Waals surface area contributed by atoms with Crippen LogP contribution in [0.2, 0.25) is 0 Å². The predicted octanol–water partition coefficient (Wildman–Crippen LogP) is 3.58. The first-order valence-electron chi connectivity index (χ1n) is 7.05. The van der Waals surface area contributed by atoms with E-state index in [0.717, 1.165) is 37.9 Å². The highest BCUT2D eigenvalue weighted by molar-refractivity contribution is 9.10. The lowest BCUT2D eigenvalue weighted by atomic mass is 10.2. The number of hydrogen-bond acceptors (Lipinski definition) is 4. The van der Waals surface area contributed by atoms with Crippen LogP contribution in [0.1, 0.15) is 0 Å². The van der Waals surface area contributed by atoms with E-state index in [4.69, 9.17) is 0 Å². The largest absolute Gasteiger partial charge is 0.339 e. The van der Waals surface area contributed by atoms with Gasteiger partial charge in [-0.05, 0) is 18.2 Å². The third-order valence-electron chi connectivity index (χ3n) is 3.85. The number of fused-ring (bicyclic) bond motifs is 5. The fraction of sp³-hybridized carbons (Fsp3) is 0. The topological polar surface area (TPSA) is 71.8 Å². The van der Waals surface area contributed by atoms with Gasteiger partial charge in [-0.15, -0.1) is 20.4 Å². The van der Waals surface area contributed by atoms with Crippen LogP contribution < -0.4 is 0 Å². The Morgan fingerprint density at radius 1 is 0.913 bits per heavy atom. The summed E-state index contributed by atoms with van der Waals surface area (Å²) >= 11 is 3.50. The van der Waals surface area contributed by atoms with Crippen LogP contribution in [0.5, 0.6) is 0 Å². The first-order chi connectivity index (χ1) is 11.3. The van der Waals surface area contributed by atoms with E-state index in [0.29, 0.717) is 5.78 Å². The zero-order chi connectivity index (χ0) is 15.4. The van der Waals surface area contributed by atoms with Gasteiger partial charge in [0.15, 0.2) is 5.82 Å². The van der Waals surface area contributed by atoms with Gasteiger partial charge >= 0.3 is 0 Å². The average molecular weight is 365 g/mol. The molecular weight excluding hydrogens is 356 g/mol. The third-order valence-corrected chi connectivity index (χ3v) is 4.34. The van der Waals surface area contributed by atoms with Crippen molar-refractivity contribution in [1.29, 1.82) is 0 Å². The fourth-order valence-electron chi connectivity index (χ4n) is 2.83. The number of para-hydroxylation sites is 1. The zero-order valence-corrected chi connectivity index (χ0v) is 13.3. The molecule has 2 aromatic carbocycles. The Morgan fingerprint density at radius 3 is 2.70 bits per heavy atom. The first-order valence-corrected chi connectivity index (χ1v) is 7.85. The van der Waals surface area contributed by atoms with Crippen molar-refractivity contribution in [2.45, 2.75) is 0 Å². The van der Waals surface area contributed by atoms with Crippen LogP contribution >= 0.6 is 15.9 Å². The molecule has 0 saturated carbocycles. The minimum atomic E-state index is 0.471. The van der Waals surface area contributed by atoms with Crippen molar-refractivity contribution >= 4 is 43.8 Å². The Balaban J connectivity index is 1.94. The normalized spacial score (nSPS) is 11.7. The molecule has 1 N–H and O–H groups in total. The van der Waals surface area contributed by atoms with E-state index < -0.39 is 0 Å². The highest BCUT2D eigenvalue weighted by atomic mass is 79.9. The number of aromatic amines is 1. The molecule has 0 bridgehead atoms. The maximum absolute atomic E-state index is 4.31. The van der Waals surface area contributed by atoms with E-state index in [2.05, 4.69) is 41.3 Å². The molecule has 3 aromatic heterocycles. The maximum atomic E-state index is 4.31. The number of aromatic nitrogens is 6. The van der Waals surface area contributed by atoms with Crippen molar-refractivity contribution in [3.05, 3.63) is 53.0 Å². The highest BCUT2D eigenvalue weighted by Gasteiger charge is 2.16. The molecule has 7 heteroatoms. The second-order valence-electron chi connectivity index (χ2n) is 5.24. The Kier molecular flexibility index (Phi) is 2.54. The van der Waals surface area contributed by atoms with Crippen molar-refractivity contribution in [2.75, 3.05) is 0 Å². The van der Waals surface area contributed by atoms with Gasteiger partial charge < -0.3 is 4.98 Å². The molecule has 6 nitrogen and oxygen atoms in total. The minimum absolute atomic E-state index is 0.471. The molecule has 0 aliphatic heterocycles. The summed E-state index contributed by atoms with van der Waals surface area (Å²) < 4.78 is 2.89. The SMILES string of the molecule is Brc1cccc(-c2nnc3nnc4c5ccccc5[nH]c4n23)c1. The van der Waals surface area contributed by atoms with E-state index in [1.54, 1.807) is 0 Å². The molecule has 5 aromatic rings. The van der Waals surface area contributed by atoms with Gasteiger partial charge in [0.2, 0.25) is 0 Å². The summed E-state index contributed by atoms with van der Waals surface area (Å²) in [7, 11) is 0.